The Morgan fingerprint density at radius 3 is 1.84 bits per heavy atom. The van der Waals surface area contributed by atoms with Crippen LogP contribution in [-0.4, -0.2) is 18.5 Å². The second-order valence-electron chi connectivity index (χ2n) is 4.94. The second-order valence-corrected chi connectivity index (χ2v) is 4.94. The maximum atomic E-state index is 10.5. The summed E-state index contributed by atoms with van der Waals surface area (Å²) in [6.07, 6.45) is 12.9. The summed E-state index contributed by atoms with van der Waals surface area (Å²) in [5.74, 6) is 0.114. The van der Waals surface area contributed by atoms with Crippen LogP contribution in [0.25, 0.3) is 0 Å². The lowest BCUT2D eigenvalue weighted by atomic mass is 10.1. The fourth-order valence-electron chi connectivity index (χ4n) is 1.96. The minimum atomic E-state index is -0.663. The van der Waals surface area contributed by atoms with Gasteiger partial charge in [-0.25, -0.2) is 4.79 Å². The molecule has 0 rings (SSSR count). The van der Waals surface area contributed by atoms with Crippen LogP contribution in [0.3, 0.4) is 0 Å². The Kier molecular flexibility index (Phi) is 12.3. The third-order valence-electron chi connectivity index (χ3n) is 3.05. The van der Waals surface area contributed by atoms with Crippen molar-refractivity contribution in [2.75, 3.05) is 6.54 Å². The summed E-state index contributed by atoms with van der Waals surface area (Å²) < 4.78 is 0. The van der Waals surface area contributed by atoms with E-state index in [-0.39, 0.29) is 5.96 Å². The van der Waals surface area contributed by atoms with Crippen molar-refractivity contribution in [3.63, 3.8) is 0 Å². The largest absolute Gasteiger partial charge is 0.370 e. The average Bonchev–Trinajstić information content (AvgIpc) is 2.35. The normalized spacial score (nSPS) is 11.5. The Labute approximate surface area is 117 Å². The Balaban J connectivity index is 3.20. The number of urea groups is 1. The zero-order valence-electron chi connectivity index (χ0n) is 12.3. The number of nitrogens with two attached hydrogens (primary N) is 2. The van der Waals surface area contributed by atoms with E-state index in [0.717, 1.165) is 6.42 Å². The van der Waals surface area contributed by atoms with Gasteiger partial charge in [0.15, 0.2) is 5.96 Å². The fraction of sp³-hybridized carbons (Fsp3) is 0.857. The van der Waals surface area contributed by atoms with E-state index in [0.29, 0.717) is 6.54 Å². The van der Waals surface area contributed by atoms with Gasteiger partial charge in [0.1, 0.15) is 0 Å². The van der Waals surface area contributed by atoms with Gasteiger partial charge in [0.05, 0.1) is 0 Å². The van der Waals surface area contributed by atoms with Gasteiger partial charge >= 0.3 is 6.03 Å². The number of carbonyl (C=O) groups excluding carboxylic acids is 1. The summed E-state index contributed by atoms with van der Waals surface area (Å²) >= 11 is 0. The van der Waals surface area contributed by atoms with Crippen molar-refractivity contribution in [1.29, 1.82) is 0 Å². The minimum Gasteiger partial charge on any atom is -0.370 e. The van der Waals surface area contributed by atoms with Crippen molar-refractivity contribution in [1.82, 2.24) is 5.32 Å². The predicted molar refractivity (Wildman–Crippen MR) is 81.1 cm³/mol. The molecule has 2 amide bonds. The first-order valence-corrected chi connectivity index (χ1v) is 7.53. The molecule has 0 saturated carbocycles. The Morgan fingerprint density at radius 1 is 0.895 bits per heavy atom. The lowest BCUT2D eigenvalue weighted by Gasteiger charge is -2.02. The first-order valence-electron chi connectivity index (χ1n) is 7.53. The van der Waals surface area contributed by atoms with Gasteiger partial charge in [-0.15, -0.1) is 0 Å². The number of amides is 2. The monoisotopic (exact) mass is 270 g/mol. The number of carbonyl (C=O) groups is 1. The minimum absolute atomic E-state index is 0.114. The summed E-state index contributed by atoms with van der Waals surface area (Å²) in [4.78, 5) is 14.5. The lowest BCUT2D eigenvalue weighted by Crippen LogP contribution is -2.40. The van der Waals surface area contributed by atoms with E-state index in [1.165, 1.54) is 57.8 Å². The molecule has 5 nitrogen and oxygen atoms in total. The highest BCUT2D eigenvalue weighted by Crippen LogP contribution is 2.10. The number of aliphatic imine (C=N–C) groups is 1. The number of nitrogens with zero attached hydrogens (tertiary/aromatic N) is 1. The van der Waals surface area contributed by atoms with Gasteiger partial charge in [0, 0.05) is 6.54 Å². The first-order chi connectivity index (χ1) is 9.16. The predicted octanol–water partition coefficient (Wildman–Crippen LogP) is 2.89. The van der Waals surface area contributed by atoms with Gasteiger partial charge < -0.3 is 11.5 Å². The number of rotatable bonds is 11. The average molecular weight is 270 g/mol. The van der Waals surface area contributed by atoms with Crippen LogP contribution in [0.1, 0.15) is 71.1 Å². The molecule has 0 spiro atoms. The molecule has 5 heteroatoms. The van der Waals surface area contributed by atoms with Gasteiger partial charge in [0.25, 0.3) is 0 Å². The molecule has 0 aromatic rings. The van der Waals surface area contributed by atoms with Crippen molar-refractivity contribution < 1.29 is 4.79 Å². The van der Waals surface area contributed by atoms with Crippen LogP contribution in [0.4, 0.5) is 4.79 Å². The van der Waals surface area contributed by atoms with Crippen molar-refractivity contribution in [3.8, 4) is 0 Å². The van der Waals surface area contributed by atoms with Crippen molar-refractivity contribution in [3.05, 3.63) is 0 Å². The molecular formula is C14H30N4O. The lowest BCUT2D eigenvalue weighted by molar-refractivity contribution is 0.253. The first kappa shape index (κ1) is 17.7. The molecule has 0 aromatic carbocycles. The topological polar surface area (TPSA) is 93.5 Å². The molecule has 0 bridgehead atoms. The molecule has 112 valence electrons. The smallest absolute Gasteiger partial charge is 0.318 e. The zero-order chi connectivity index (χ0) is 14.3. The molecule has 0 heterocycles. The van der Waals surface area contributed by atoms with E-state index >= 15 is 0 Å². The van der Waals surface area contributed by atoms with Crippen molar-refractivity contribution in [2.24, 2.45) is 16.5 Å². The SMILES string of the molecule is CCCCCCCCCCCCN=C(N)NC(N)=O. The molecule has 0 unspecified atom stereocenters. The quantitative estimate of drug-likeness (QED) is 0.306. The Morgan fingerprint density at radius 2 is 1.37 bits per heavy atom. The number of primary amides is 1. The third kappa shape index (κ3) is 14.7. The highest BCUT2D eigenvalue weighted by molar-refractivity contribution is 5.94. The van der Waals surface area contributed by atoms with Crippen LogP contribution < -0.4 is 16.8 Å². The molecule has 0 atom stereocenters. The molecule has 0 aromatic heterocycles. The molecule has 0 saturated heterocycles. The van der Waals surface area contributed by atoms with E-state index in [4.69, 9.17) is 11.5 Å². The molecule has 5 N–H and O–H groups in total. The molecule has 0 radical (unpaired) electrons. The number of hydrogen-bond acceptors (Lipinski definition) is 2. The maximum Gasteiger partial charge on any atom is 0.318 e. The molecule has 19 heavy (non-hydrogen) atoms. The zero-order valence-corrected chi connectivity index (χ0v) is 12.3. The van der Waals surface area contributed by atoms with E-state index in [9.17, 15) is 4.79 Å². The second kappa shape index (κ2) is 13.2. The molecule has 0 aliphatic heterocycles. The van der Waals surface area contributed by atoms with Crippen LogP contribution in [0, 0.1) is 0 Å². The number of unbranched alkanes of at least 4 members (excludes halogenated alkanes) is 9. The summed E-state index contributed by atoms with van der Waals surface area (Å²) in [6, 6.07) is -0.663. The van der Waals surface area contributed by atoms with Crippen LogP contribution in [0.5, 0.6) is 0 Å². The summed E-state index contributed by atoms with van der Waals surface area (Å²) in [6.45, 7) is 2.90. The van der Waals surface area contributed by atoms with Gasteiger partial charge in [-0.1, -0.05) is 64.7 Å². The van der Waals surface area contributed by atoms with Gasteiger partial charge in [0.2, 0.25) is 0 Å². The standard InChI is InChI=1S/C14H30N4O/c1-2-3-4-5-6-7-8-9-10-11-12-17-13(15)18-14(16)19/h2-12H2,1H3,(H5,15,16,17,18,19). The summed E-state index contributed by atoms with van der Waals surface area (Å²) in [5, 5.41) is 2.24. The van der Waals surface area contributed by atoms with E-state index in [1.54, 1.807) is 0 Å². The van der Waals surface area contributed by atoms with Crippen LogP contribution in [-0.2, 0) is 0 Å². The van der Waals surface area contributed by atoms with Crippen LogP contribution in [0.2, 0.25) is 0 Å². The summed E-state index contributed by atoms with van der Waals surface area (Å²) in [7, 11) is 0. The van der Waals surface area contributed by atoms with Gasteiger partial charge in [-0.2, -0.15) is 0 Å². The Bertz CT molecular complexity index is 254. The van der Waals surface area contributed by atoms with Gasteiger partial charge in [-0.05, 0) is 6.42 Å². The Hall–Kier alpha value is -1.26. The summed E-state index contributed by atoms with van der Waals surface area (Å²) in [5.41, 5.74) is 10.3. The maximum absolute atomic E-state index is 10.5. The third-order valence-corrected chi connectivity index (χ3v) is 3.05. The van der Waals surface area contributed by atoms with E-state index in [2.05, 4.69) is 17.2 Å². The highest BCUT2D eigenvalue weighted by Gasteiger charge is 1.95. The van der Waals surface area contributed by atoms with Crippen LogP contribution >= 0.6 is 0 Å². The van der Waals surface area contributed by atoms with Crippen molar-refractivity contribution >= 4 is 12.0 Å². The fourth-order valence-corrected chi connectivity index (χ4v) is 1.96. The number of hydrogen-bond donors (Lipinski definition) is 3. The molecule has 0 aliphatic rings. The van der Waals surface area contributed by atoms with Crippen molar-refractivity contribution in [2.45, 2.75) is 71.1 Å². The van der Waals surface area contributed by atoms with Crippen LogP contribution in [0.15, 0.2) is 4.99 Å². The van der Waals surface area contributed by atoms with Gasteiger partial charge in [-0.3, -0.25) is 10.3 Å². The highest BCUT2D eigenvalue weighted by atomic mass is 16.2. The van der Waals surface area contributed by atoms with E-state index in [1.807, 2.05) is 0 Å². The number of nitrogens with one attached hydrogen (secondary N) is 1. The number of guanidine groups is 1. The molecular weight excluding hydrogens is 240 g/mol. The van der Waals surface area contributed by atoms with E-state index < -0.39 is 6.03 Å². The molecule has 0 fully saturated rings. The molecule has 0 aliphatic carbocycles.